The van der Waals surface area contributed by atoms with Crippen molar-refractivity contribution < 1.29 is 32.9 Å². The molecule has 10 heteroatoms. The summed E-state index contributed by atoms with van der Waals surface area (Å²) in [5.41, 5.74) is -0.983. The Labute approximate surface area is 221 Å². The SMILES string of the molecule is O[C@@H]1[C@@H](Nc2ccnc(C(F)(F)F)n2)[C@H]2OC[C@](C3CCC(CCC4CC(CC5CCCC5)C4)C3)(O2)[C@@H]1O. The first-order valence-corrected chi connectivity index (χ1v) is 14.5. The molecular weight excluding hydrogens is 499 g/mol. The zero-order valence-corrected chi connectivity index (χ0v) is 21.8. The third-order valence-corrected chi connectivity index (χ3v) is 10.2. The van der Waals surface area contributed by atoms with Crippen LogP contribution < -0.4 is 5.32 Å². The van der Waals surface area contributed by atoms with Gasteiger partial charge in [0.25, 0.3) is 0 Å². The molecule has 3 heterocycles. The van der Waals surface area contributed by atoms with E-state index < -0.39 is 42.1 Å². The lowest BCUT2D eigenvalue weighted by molar-refractivity contribution is -0.231. The molecule has 2 saturated heterocycles. The number of aliphatic hydroxyl groups excluding tert-OH is 2. The molecule has 1 aromatic rings. The zero-order valence-electron chi connectivity index (χ0n) is 21.8. The Balaban J connectivity index is 1.01. The average Bonchev–Trinajstić information content (AvgIpc) is 3.63. The van der Waals surface area contributed by atoms with E-state index >= 15 is 0 Å². The molecule has 5 fully saturated rings. The number of ether oxygens (including phenoxy) is 2. The van der Waals surface area contributed by atoms with Crippen molar-refractivity contribution in [2.75, 3.05) is 11.9 Å². The monoisotopic (exact) mass is 539 g/mol. The predicted octanol–water partition coefficient (Wildman–Crippen LogP) is 4.93. The van der Waals surface area contributed by atoms with E-state index in [1.54, 1.807) is 0 Å². The largest absolute Gasteiger partial charge is 0.451 e. The van der Waals surface area contributed by atoms with Gasteiger partial charge in [-0.1, -0.05) is 44.9 Å². The lowest BCUT2D eigenvalue weighted by Crippen LogP contribution is -2.65. The first-order valence-electron chi connectivity index (χ1n) is 14.5. The van der Waals surface area contributed by atoms with Crippen molar-refractivity contribution in [1.82, 2.24) is 9.97 Å². The van der Waals surface area contributed by atoms with Gasteiger partial charge >= 0.3 is 6.18 Å². The first kappa shape index (κ1) is 26.7. The Kier molecular flexibility index (Phi) is 7.37. The standard InChI is InChI=1S/C28H40F3N3O4/c29-28(30,31)26-32-10-9-21(34-26)33-22-23(35)24(36)27(15-37-25(22)38-27)20-8-7-17(14-20)5-6-18-12-19(13-18)11-16-3-1-2-4-16/h9-10,16-20,22-25,35-36H,1-8,11-15H2,(H,32,33,34)/t17?,18?,19?,20?,22-,23-,24-,25+,27-/m1/s1. The fourth-order valence-corrected chi connectivity index (χ4v) is 8.10. The van der Waals surface area contributed by atoms with Crippen molar-refractivity contribution in [2.45, 2.75) is 113 Å². The van der Waals surface area contributed by atoms with Crippen LogP contribution in [-0.4, -0.2) is 56.9 Å². The highest BCUT2D eigenvalue weighted by Crippen LogP contribution is 2.51. The summed E-state index contributed by atoms with van der Waals surface area (Å²) in [6.07, 6.45) is 8.33. The van der Waals surface area contributed by atoms with Crippen LogP contribution >= 0.6 is 0 Å². The highest BCUT2D eigenvalue weighted by molar-refractivity contribution is 5.36. The molecule has 2 aliphatic heterocycles. The van der Waals surface area contributed by atoms with Crippen molar-refractivity contribution in [3.05, 3.63) is 18.1 Å². The summed E-state index contributed by atoms with van der Waals surface area (Å²) in [4.78, 5) is 6.77. The second-order valence-corrected chi connectivity index (χ2v) is 12.7. The maximum atomic E-state index is 13.0. The van der Waals surface area contributed by atoms with E-state index in [0.29, 0.717) is 5.92 Å². The summed E-state index contributed by atoms with van der Waals surface area (Å²) in [7, 11) is 0. The summed E-state index contributed by atoms with van der Waals surface area (Å²) in [6.45, 7) is 0.161. The molecule has 7 atom stereocenters. The van der Waals surface area contributed by atoms with Crippen LogP contribution in [-0.2, 0) is 15.7 Å². The number of hydrogen-bond acceptors (Lipinski definition) is 7. The average molecular weight is 540 g/mol. The van der Waals surface area contributed by atoms with Gasteiger partial charge in [0.15, 0.2) is 6.29 Å². The molecule has 3 saturated carbocycles. The van der Waals surface area contributed by atoms with Crippen LogP contribution in [0.25, 0.3) is 0 Å². The van der Waals surface area contributed by atoms with Gasteiger partial charge in [-0.05, 0) is 67.8 Å². The molecule has 0 spiro atoms. The molecule has 3 aliphatic carbocycles. The van der Waals surface area contributed by atoms with Gasteiger partial charge in [0, 0.05) is 6.20 Å². The number of aliphatic hydroxyl groups is 2. The number of alkyl halides is 3. The number of anilines is 1. The minimum atomic E-state index is -4.69. The molecular formula is C28H40F3N3O4. The molecule has 2 bridgehead atoms. The van der Waals surface area contributed by atoms with Crippen molar-refractivity contribution in [2.24, 2.45) is 29.6 Å². The molecule has 2 unspecified atom stereocenters. The Bertz CT molecular complexity index is 971. The molecule has 212 valence electrons. The van der Waals surface area contributed by atoms with E-state index in [1.807, 2.05) is 0 Å². The molecule has 7 nitrogen and oxygen atoms in total. The van der Waals surface area contributed by atoms with Gasteiger partial charge in [-0.3, -0.25) is 0 Å². The number of fused-ring (bicyclic) bond motifs is 2. The van der Waals surface area contributed by atoms with Gasteiger partial charge in [-0.2, -0.15) is 13.2 Å². The van der Waals surface area contributed by atoms with E-state index in [-0.39, 0.29) is 18.3 Å². The van der Waals surface area contributed by atoms with E-state index in [1.165, 1.54) is 63.9 Å². The summed E-state index contributed by atoms with van der Waals surface area (Å²) in [5.74, 6) is 2.07. The molecule has 1 aromatic heterocycles. The zero-order chi connectivity index (χ0) is 26.5. The van der Waals surface area contributed by atoms with Crippen LogP contribution in [0.4, 0.5) is 19.0 Å². The Morgan fingerprint density at radius 2 is 1.74 bits per heavy atom. The molecule has 0 amide bonds. The summed E-state index contributed by atoms with van der Waals surface area (Å²) < 4.78 is 51.2. The summed E-state index contributed by atoms with van der Waals surface area (Å²) in [6, 6.07) is 0.329. The van der Waals surface area contributed by atoms with Crippen molar-refractivity contribution in [3.8, 4) is 0 Å². The van der Waals surface area contributed by atoms with Gasteiger partial charge in [-0.15, -0.1) is 0 Å². The van der Waals surface area contributed by atoms with Gasteiger partial charge in [0.05, 0.1) is 6.61 Å². The topological polar surface area (TPSA) is 96.7 Å². The summed E-state index contributed by atoms with van der Waals surface area (Å²) >= 11 is 0. The highest BCUT2D eigenvalue weighted by atomic mass is 19.4. The number of nitrogens with zero attached hydrogens (tertiary/aromatic N) is 2. The fraction of sp³-hybridized carbons (Fsp3) is 0.857. The van der Waals surface area contributed by atoms with E-state index in [0.717, 1.165) is 43.2 Å². The predicted molar refractivity (Wildman–Crippen MR) is 133 cm³/mol. The third kappa shape index (κ3) is 5.18. The molecule has 3 N–H and O–H groups in total. The van der Waals surface area contributed by atoms with E-state index in [9.17, 15) is 23.4 Å². The number of rotatable bonds is 8. The summed E-state index contributed by atoms with van der Waals surface area (Å²) in [5, 5.41) is 25.0. The third-order valence-electron chi connectivity index (χ3n) is 10.2. The highest BCUT2D eigenvalue weighted by Gasteiger charge is 2.63. The van der Waals surface area contributed by atoms with Crippen molar-refractivity contribution >= 4 is 5.82 Å². The first-order chi connectivity index (χ1) is 18.2. The minimum absolute atomic E-state index is 0.0792. The molecule has 38 heavy (non-hydrogen) atoms. The fourth-order valence-electron chi connectivity index (χ4n) is 8.10. The van der Waals surface area contributed by atoms with Gasteiger partial charge in [0.2, 0.25) is 5.82 Å². The number of nitrogens with one attached hydrogen (secondary N) is 1. The number of halogens is 3. The Morgan fingerprint density at radius 1 is 0.974 bits per heavy atom. The quantitative estimate of drug-likeness (QED) is 0.431. The number of hydrogen-bond donors (Lipinski definition) is 3. The Hall–Kier alpha value is -1.49. The smallest absolute Gasteiger partial charge is 0.388 e. The van der Waals surface area contributed by atoms with Crippen LogP contribution in [0.2, 0.25) is 0 Å². The molecule has 0 aromatic carbocycles. The molecule has 5 aliphatic rings. The van der Waals surface area contributed by atoms with E-state index in [2.05, 4.69) is 15.3 Å². The normalized spacial score (nSPS) is 41.4. The Morgan fingerprint density at radius 3 is 2.50 bits per heavy atom. The van der Waals surface area contributed by atoms with Crippen LogP contribution in [0.15, 0.2) is 12.3 Å². The second kappa shape index (κ2) is 10.5. The van der Waals surface area contributed by atoms with Crippen LogP contribution in [0.3, 0.4) is 0 Å². The number of aromatic nitrogens is 2. The maximum Gasteiger partial charge on any atom is 0.451 e. The van der Waals surface area contributed by atoms with Gasteiger partial charge in [0.1, 0.15) is 29.7 Å². The lowest BCUT2D eigenvalue weighted by Gasteiger charge is -2.46. The second-order valence-electron chi connectivity index (χ2n) is 12.7. The van der Waals surface area contributed by atoms with Crippen LogP contribution in [0.1, 0.15) is 82.9 Å². The molecule has 6 rings (SSSR count). The maximum absolute atomic E-state index is 13.0. The van der Waals surface area contributed by atoms with Crippen LogP contribution in [0.5, 0.6) is 0 Å². The van der Waals surface area contributed by atoms with Crippen molar-refractivity contribution in [1.29, 1.82) is 0 Å². The van der Waals surface area contributed by atoms with Gasteiger partial charge in [-0.25, -0.2) is 9.97 Å². The van der Waals surface area contributed by atoms with Gasteiger partial charge < -0.3 is 25.0 Å². The van der Waals surface area contributed by atoms with E-state index in [4.69, 9.17) is 9.47 Å². The minimum Gasteiger partial charge on any atom is -0.388 e. The van der Waals surface area contributed by atoms with Crippen molar-refractivity contribution in [3.63, 3.8) is 0 Å². The van der Waals surface area contributed by atoms with Crippen LogP contribution in [0, 0.1) is 29.6 Å². The molecule has 0 radical (unpaired) electrons. The lowest BCUT2D eigenvalue weighted by atomic mass is 9.68.